The number of aromatic nitrogens is 4. The standard InChI is InChI=1S/C17H16ClN5O3S/c1-4-26-13-8-20-14(18)6-11(13)10-5-9(2)19-7-12(10)15(24)21-16-22-23-17(25-3)27-16/h5-8H,4H2,1-3H3,(H,21,22,24). The molecule has 1 amide bonds. The molecule has 0 aliphatic carbocycles. The molecule has 0 spiro atoms. The van der Waals surface area contributed by atoms with Crippen molar-refractivity contribution < 1.29 is 14.3 Å². The first-order valence-electron chi connectivity index (χ1n) is 7.96. The molecule has 0 unspecified atom stereocenters. The highest BCUT2D eigenvalue weighted by atomic mass is 35.5. The molecule has 0 saturated carbocycles. The van der Waals surface area contributed by atoms with Gasteiger partial charge in [-0.1, -0.05) is 16.7 Å². The molecule has 3 heterocycles. The summed E-state index contributed by atoms with van der Waals surface area (Å²) in [6.07, 6.45) is 3.04. The van der Waals surface area contributed by atoms with Crippen LogP contribution in [0.15, 0.2) is 24.5 Å². The van der Waals surface area contributed by atoms with Crippen LogP contribution < -0.4 is 14.8 Å². The lowest BCUT2D eigenvalue weighted by atomic mass is 10.0. The fourth-order valence-electron chi connectivity index (χ4n) is 2.37. The van der Waals surface area contributed by atoms with Crippen molar-refractivity contribution in [2.75, 3.05) is 19.0 Å². The molecule has 3 aromatic rings. The number of pyridine rings is 2. The molecule has 10 heteroatoms. The molecule has 140 valence electrons. The maximum Gasteiger partial charge on any atom is 0.295 e. The Labute approximate surface area is 164 Å². The van der Waals surface area contributed by atoms with Gasteiger partial charge in [-0.2, -0.15) is 0 Å². The number of hydrogen-bond donors (Lipinski definition) is 1. The van der Waals surface area contributed by atoms with Gasteiger partial charge in [-0.25, -0.2) is 4.98 Å². The molecule has 0 bridgehead atoms. The van der Waals surface area contributed by atoms with Gasteiger partial charge < -0.3 is 9.47 Å². The molecule has 0 aliphatic rings. The summed E-state index contributed by atoms with van der Waals surface area (Å²) in [6, 6.07) is 3.45. The van der Waals surface area contributed by atoms with Gasteiger partial charge in [0.1, 0.15) is 10.9 Å². The third-order valence-electron chi connectivity index (χ3n) is 3.51. The van der Waals surface area contributed by atoms with E-state index in [1.807, 2.05) is 13.8 Å². The molecule has 0 fully saturated rings. The number of rotatable bonds is 6. The van der Waals surface area contributed by atoms with Gasteiger partial charge in [0.25, 0.3) is 11.1 Å². The Morgan fingerprint density at radius 3 is 2.74 bits per heavy atom. The van der Waals surface area contributed by atoms with Crippen molar-refractivity contribution in [1.82, 2.24) is 20.2 Å². The largest absolute Gasteiger partial charge is 0.492 e. The second-order valence-electron chi connectivity index (χ2n) is 5.34. The minimum absolute atomic E-state index is 0.295. The molecule has 3 rings (SSSR count). The number of anilines is 1. The van der Waals surface area contributed by atoms with E-state index in [-0.39, 0.29) is 5.91 Å². The Kier molecular flexibility index (Phi) is 5.82. The average Bonchev–Trinajstić information content (AvgIpc) is 3.10. The topological polar surface area (TPSA) is 99.1 Å². The van der Waals surface area contributed by atoms with Crippen LogP contribution >= 0.6 is 22.9 Å². The quantitative estimate of drug-likeness (QED) is 0.625. The van der Waals surface area contributed by atoms with E-state index >= 15 is 0 Å². The van der Waals surface area contributed by atoms with Crippen LogP contribution in [0.25, 0.3) is 11.1 Å². The SMILES string of the molecule is CCOc1cnc(Cl)cc1-c1cc(C)ncc1C(=O)Nc1nnc(OC)s1. The van der Waals surface area contributed by atoms with Crippen LogP contribution in [0.5, 0.6) is 10.9 Å². The Bertz CT molecular complexity index is 979. The van der Waals surface area contributed by atoms with Crippen molar-refractivity contribution in [3.8, 4) is 22.1 Å². The minimum atomic E-state index is -0.383. The number of nitrogens with zero attached hydrogens (tertiary/aromatic N) is 4. The first-order valence-corrected chi connectivity index (χ1v) is 9.15. The number of aryl methyl sites for hydroxylation is 1. The van der Waals surface area contributed by atoms with Crippen LogP contribution in [-0.4, -0.2) is 39.8 Å². The van der Waals surface area contributed by atoms with E-state index in [0.717, 1.165) is 17.0 Å². The molecule has 27 heavy (non-hydrogen) atoms. The van der Waals surface area contributed by atoms with Gasteiger partial charge in [-0.15, -0.1) is 5.10 Å². The zero-order chi connectivity index (χ0) is 19.4. The number of ether oxygens (including phenoxy) is 2. The fourth-order valence-corrected chi connectivity index (χ4v) is 3.08. The summed E-state index contributed by atoms with van der Waals surface area (Å²) in [5, 5.41) is 11.3. The van der Waals surface area contributed by atoms with Crippen molar-refractivity contribution in [2.45, 2.75) is 13.8 Å². The van der Waals surface area contributed by atoms with E-state index < -0.39 is 0 Å². The second kappa shape index (κ2) is 8.28. The second-order valence-corrected chi connectivity index (χ2v) is 6.67. The van der Waals surface area contributed by atoms with Crippen molar-refractivity contribution >= 4 is 34.0 Å². The van der Waals surface area contributed by atoms with E-state index in [1.54, 1.807) is 12.1 Å². The minimum Gasteiger partial charge on any atom is -0.492 e. The highest BCUT2D eigenvalue weighted by Gasteiger charge is 2.19. The van der Waals surface area contributed by atoms with Crippen molar-refractivity contribution in [1.29, 1.82) is 0 Å². The molecule has 0 saturated heterocycles. The Hall–Kier alpha value is -2.78. The maximum atomic E-state index is 12.8. The van der Waals surface area contributed by atoms with Crippen molar-refractivity contribution in [3.63, 3.8) is 0 Å². The van der Waals surface area contributed by atoms with Gasteiger partial charge >= 0.3 is 0 Å². The van der Waals surface area contributed by atoms with Gasteiger partial charge in [0, 0.05) is 23.0 Å². The lowest BCUT2D eigenvalue weighted by Crippen LogP contribution is -2.14. The van der Waals surface area contributed by atoms with Gasteiger partial charge in [-0.3, -0.25) is 15.1 Å². The zero-order valence-corrected chi connectivity index (χ0v) is 16.4. The molecular weight excluding hydrogens is 390 g/mol. The summed E-state index contributed by atoms with van der Waals surface area (Å²) >= 11 is 7.20. The summed E-state index contributed by atoms with van der Waals surface area (Å²) in [7, 11) is 1.48. The highest BCUT2D eigenvalue weighted by molar-refractivity contribution is 7.17. The molecule has 1 N–H and O–H groups in total. The number of hydrogen-bond acceptors (Lipinski definition) is 8. The van der Waals surface area contributed by atoms with Crippen LogP contribution in [-0.2, 0) is 0 Å². The predicted octanol–water partition coefficient (Wildman–Crippen LogP) is 3.62. The number of carbonyl (C=O) groups is 1. The predicted molar refractivity (Wildman–Crippen MR) is 103 cm³/mol. The number of halogens is 1. The van der Waals surface area contributed by atoms with E-state index in [4.69, 9.17) is 21.1 Å². The molecule has 0 radical (unpaired) electrons. The summed E-state index contributed by atoms with van der Waals surface area (Å²) in [6.45, 7) is 4.16. The van der Waals surface area contributed by atoms with Crippen LogP contribution in [0.3, 0.4) is 0 Å². The van der Waals surface area contributed by atoms with Crippen LogP contribution in [0.1, 0.15) is 23.0 Å². The van der Waals surface area contributed by atoms with Crippen LogP contribution in [0.4, 0.5) is 5.13 Å². The number of amides is 1. The van der Waals surface area contributed by atoms with Crippen LogP contribution in [0.2, 0.25) is 5.15 Å². The monoisotopic (exact) mass is 405 g/mol. The van der Waals surface area contributed by atoms with Gasteiger partial charge in [-0.05, 0) is 37.3 Å². The summed E-state index contributed by atoms with van der Waals surface area (Å²) < 4.78 is 10.6. The number of carbonyl (C=O) groups excluding carboxylic acids is 1. The van der Waals surface area contributed by atoms with Gasteiger partial charge in [0.2, 0.25) is 5.13 Å². The Morgan fingerprint density at radius 2 is 2.04 bits per heavy atom. The molecular formula is C17H16ClN5O3S. The normalized spacial score (nSPS) is 10.5. The molecule has 0 aromatic carbocycles. The summed E-state index contributed by atoms with van der Waals surface area (Å²) in [4.78, 5) is 21.1. The lowest BCUT2D eigenvalue weighted by molar-refractivity contribution is 0.102. The van der Waals surface area contributed by atoms with E-state index in [0.29, 0.717) is 44.5 Å². The highest BCUT2D eigenvalue weighted by Crippen LogP contribution is 2.34. The van der Waals surface area contributed by atoms with Gasteiger partial charge in [0.05, 0.1) is 25.5 Å². The van der Waals surface area contributed by atoms with Crippen molar-refractivity contribution in [2.24, 2.45) is 0 Å². The third-order valence-corrected chi connectivity index (χ3v) is 4.52. The number of methoxy groups -OCH3 is 1. The summed E-state index contributed by atoms with van der Waals surface area (Å²) in [5.74, 6) is 0.144. The van der Waals surface area contributed by atoms with Crippen molar-refractivity contribution in [3.05, 3.63) is 40.9 Å². The molecule has 3 aromatic heterocycles. The van der Waals surface area contributed by atoms with Crippen LogP contribution in [0, 0.1) is 6.92 Å². The van der Waals surface area contributed by atoms with E-state index in [9.17, 15) is 4.79 Å². The molecule has 0 atom stereocenters. The Balaban J connectivity index is 2.03. The first kappa shape index (κ1) is 19.0. The summed E-state index contributed by atoms with van der Waals surface area (Å²) in [5.41, 5.74) is 2.37. The molecule has 0 aliphatic heterocycles. The first-order chi connectivity index (χ1) is 13.0. The lowest BCUT2D eigenvalue weighted by Gasteiger charge is -2.14. The smallest absolute Gasteiger partial charge is 0.295 e. The molecule has 8 nitrogen and oxygen atoms in total. The third kappa shape index (κ3) is 4.32. The van der Waals surface area contributed by atoms with Gasteiger partial charge in [0.15, 0.2) is 0 Å². The average molecular weight is 406 g/mol. The Morgan fingerprint density at radius 1 is 1.22 bits per heavy atom. The number of nitrogens with one attached hydrogen (secondary N) is 1. The fraction of sp³-hybridized carbons (Fsp3) is 0.235. The van der Waals surface area contributed by atoms with E-state index in [1.165, 1.54) is 19.5 Å². The zero-order valence-electron chi connectivity index (χ0n) is 14.8. The van der Waals surface area contributed by atoms with E-state index in [2.05, 4.69) is 25.5 Å². The maximum absolute atomic E-state index is 12.8.